The molecule has 774 valence electrons. The van der Waals surface area contributed by atoms with Gasteiger partial charge in [0.1, 0.15) is 0 Å². The SMILES string of the molecule is C.CN1CC=CC1.CN1CC=CCC1.CN1CCC1.CN1CCCC1.CN1CCCC2CCCCC21.CN1CCCCC1.CN1CCCCCC1.CN1CCCNCC1.CN1CCCOCC1.CN1CCCSCC1.CN1CCNCC1.CN1CCOC1.CN1CCOCC1.CN1CCSC1.CN1CCSCC1.CN1CCc2c([nH]c3ccccc23)C1.CN1CCc2ccccc2C1. The number of thioether (sulfide) groups is 3. The minimum atomic E-state index is 0. The fourth-order valence-electron chi connectivity index (χ4n) is 17.6. The van der Waals surface area contributed by atoms with Crippen LogP contribution in [0.25, 0.3) is 10.9 Å². The Bertz CT molecular complexity index is 2950. The van der Waals surface area contributed by atoms with Crippen LogP contribution in [-0.2, 0) is 40.1 Å². The molecule has 1 aromatic heterocycles. The van der Waals surface area contributed by atoms with Crippen LogP contribution in [-0.4, -0.2) is 505 Å². The van der Waals surface area contributed by atoms with Crippen LogP contribution in [0.2, 0.25) is 0 Å². The van der Waals surface area contributed by atoms with Crippen molar-refractivity contribution in [1.29, 1.82) is 0 Å². The number of para-hydroxylation sites is 1. The van der Waals surface area contributed by atoms with Crippen LogP contribution < -0.4 is 10.6 Å². The van der Waals surface area contributed by atoms with E-state index in [0.29, 0.717) is 0 Å². The van der Waals surface area contributed by atoms with Gasteiger partial charge in [-0.2, -0.15) is 23.5 Å². The number of nitrogens with zero attached hydrogens (tertiary/aromatic N) is 17. The Kier molecular flexibility index (Phi) is 75.0. The molecule has 2 aromatic carbocycles. The number of piperazine rings is 1. The molecular formula is C107H210N20O3S3. The quantitative estimate of drug-likeness (QED) is 0.185. The third-order valence-electron chi connectivity index (χ3n) is 27.1. The van der Waals surface area contributed by atoms with Crippen molar-refractivity contribution in [3.8, 4) is 0 Å². The van der Waals surface area contributed by atoms with Crippen LogP contribution >= 0.6 is 35.3 Å². The molecule has 18 heterocycles. The summed E-state index contributed by atoms with van der Waals surface area (Å²) in [6.45, 7) is 48.1. The Balaban J connectivity index is 0.000000297. The molecule has 26 heteroatoms. The van der Waals surface area contributed by atoms with E-state index in [1.165, 1.54) is 360 Å². The van der Waals surface area contributed by atoms with Gasteiger partial charge in [0.2, 0.25) is 0 Å². The highest BCUT2D eigenvalue weighted by atomic mass is 32.2. The van der Waals surface area contributed by atoms with E-state index in [1.54, 1.807) is 0 Å². The number of likely N-dealkylation sites (N-methyl/N-ethyl adjacent to an activating group) is 9. The summed E-state index contributed by atoms with van der Waals surface area (Å²) in [5, 5.41) is 8.02. The summed E-state index contributed by atoms with van der Waals surface area (Å²) in [6, 6.07) is 18.3. The minimum absolute atomic E-state index is 0. The van der Waals surface area contributed by atoms with Crippen molar-refractivity contribution in [2.45, 2.75) is 168 Å². The van der Waals surface area contributed by atoms with E-state index in [-0.39, 0.29) is 7.43 Å². The van der Waals surface area contributed by atoms with Crippen LogP contribution in [0.5, 0.6) is 0 Å². The smallest absolute Gasteiger partial charge is 0.0989 e. The average molecular weight is 1920 g/mol. The molecule has 21 rings (SSSR count). The first kappa shape index (κ1) is 123. The molecule has 23 nitrogen and oxygen atoms in total. The van der Waals surface area contributed by atoms with Crippen molar-refractivity contribution in [3.05, 3.63) is 95.2 Å². The highest BCUT2D eigenvalue weighted by molar-refractivity contribution is 7.99. The summed E-state index contributed by atoms with van der Waals surface area (Å²) >= 11 is 6.14. The number of nitrogens with one attached hydrogen (secondary N) is 3. The topological polar surface area (TPSA) is 123 Å². The molecular weight excluding hydrogens is 1710 g/mol. The summed E-state index contributed by atoms with van der Waals surface area (Å²) in [5.41, 5.74) is 7.25. The van der Waals surface area contributed by atoms with Crippen LogP contribution in [0, 0.1) is 5.92 Å². The van der Waals surface area contributed by atoms with E-state index in [1.807, 2.05) is 18.8 Å². The monoisotopic (exact) mass is 1920 g/mol. The molecule has 133 heavy (non-hydrogen) atoms. The first-order valence-corrected chi connectivity index (χ1v) is 56.1. The third-order valence-corrected chi connectivity index (χ3v) is 30.2. The number of ether oxygens (including phenoxy) is 3. The molecule has 3 N–H and O–H groups in total. The number of hydrogen-bond acceptors (Lipinski definition) is 25. The van der Waals surface area contributed by atoms with Gasteiger partial charge in [-0.3, -0.25) is 14.7 Å². The predicted octanol–water partition coefficient (Wildman–Crippen LogP) is 13.7. The van der Waals surface area contributed by atoms with Gasteiger partial charge < -0.3 is 98.4 Å². The Morgan fingerprint density at radius 3 is 1.22 bits per heavy atom. The highest BCUT2D eigenvalue weighted by Gasteiger charge is 2.31. The van der Waals surface area contributed by atoms with Crippen LogP contribution in [0.3, 0.4) is 0 Å². The number of aromatic amines is 1. The number of hydrogen-bond donors (Lipinski definition) is 3. The number of aromatic nitrogens is 1. The molecule has 18 aliphatic rings. The predicted molar refractivity (Wildman–Crippen MR) is 587 cm³/mol. The second-order valence-corrected chi connectivity index (χ2v) is 43.7. The van der Waals surface area contributed by atoms with E-state index in [4.69, 9.17) is 14.2 Å². The Morgan fingerprint density at radius 1 is 0.293 bits per heavy atom. The second kappa shape index (κ2) is 81.1. The van der Waals surface area contributed by atoms with E-state index in [9.17, 15) is 0 Å². The molecule has 13 saturated heterocycles. The zero-order chi connectivity index (χ0) is 95.1. The van der Waals surface area contributed by atoms with Crippen molar-refractivity contribution in [2.24, 2.45) is 5.92 Å². The number of benzene rings is 2. The van der Waals surface area contributed by atoms with Crippen LogP contribution in [0.1, 0.15) is 158 Å². The van der Waals surface area contributed by atoms with Gasteiger partial charge in [0.05, 0.1) is 33.2 Å². The molecule has 0 bridgehead atoms. The lowest BCUT2D eigenvalue weighted by molar-refractivity contribution is 0.0503. The van der Waals surface area contributed by atoms with Gasteiger partial charge in [-0.15, -0.1) is 11.8 Å². The van der Waals surface area contributed by atoms with Crippen molar-refractivity contribution in [3.63, 3.8) is 0 Å². The second-order valence-electron chi connectivity index (χ2n) is 40.1. The van der Waals surface area contributed by atoms with E-state index < -0.39 is 0 Å². The maximum atomic E-state index is 5.22. The first-order valence-electron chi connectivity index (χ1n) is 52.6. The normalized spacial score (nSPS) is 24.6. The first-order chi connectivity index (χ1) is 64.1. The molecule has 0 amide bonds. The summed E-state index contributed by atoms with van der Waals surface area (Å²) in [5.74, 6) is 8.98. The highest BCUT2D eigenvalue weighted by Crippen LogP contribution is 2.34. The molecule has 1 saturated carbocycles. The lowest BCUT2D eigenvalue weighted by Gasteiger charge is -2.42. The van der Waals surface area contributed by atoms with E-state index in [2.05, 4.69) is 308 Å². The lowest BCUT2D eigenvalue weighted by Crippen LogP contribution is -2.44. The van der Waals surface area contributed by atoms with Gasteiger partial charge in [0.15, 0.2) is 0 Å². The molecule has 2 atom stereocenters. The Morgan fingerprint density at radius 2 is 0.729 bits per heavy atom. The number of piperidine rings is 2. The summed E-state index contributed by atoms with van der Waals surface area (Å²) in [7, 11) is 36.8. The van der Waals surface area contributed by atoms with E-state index in [0.717, 1.165) is 130 Å². The van der Waals surface area contributed by atoms with Gasteiger partial charge in [0, 0.05) is 209 Å². The van der Waals surface area contributed by atoms with Crippen molar-refractivity contribution < 1.29 is 14.2 Å². The molecule has 0 radical (unpaired) electrons. The lowest BCUT2D eigenvalue weighted by atomic mass is 9.79. The molecule has 3 aromatic rings. The van der Waals surface area contributed by atoms with Gasteiger partial charge >= 0.3 is 0 Å². The number of fused-ring (bicyclic) bond motifs is 5. The van der Waals surface area contributed by atoms with E-state index >= 15 is 0 Å². The van der Waals surface area contributed by atoms with Crippen molar-refractivity contribution in [1.82, 2.24) is 98.9 Å². The summed E-state index contributed by atoms with van der Waals surface area (Å²) in [6.07, 6.45) is 39.4. The Hall–Kier alpha value is -2.37. The fourth-order valence-corrected chi connectivity index (χ4v) is 20.7. The maximum absolute atomic E-state index is 5.22. The van der Waals surface area contributed by atoms with Crippen molar-refractivity contribution >= 4 is 46.2 Å². The number of morpholine rings is 1. The summed E-state index contributed by atoms with van der Waals surface area (Å²) < 4.78 is 15.3. The number of rotatable bonds is 0. The largest absolute Gasteiger partial charge is 0.380 e. The third kappa shape index (κ3) is 64.7. The summed E-state index contributed by atoms with van der Waals surface area (Å²) in [4.78, 5) is 43.4. The van der Waals surface area contributed by atoms with Crippen LogP contribution in [0.4, 0.5) is 0 Å². The zero-order valence-electron chi connectivity index (χ0n) is 88.4. The fraction of sp³-hybridized carbons (Fsp3) is 0.832. The number of H-pyrrole nitrogens is 1. The van der Waals surface area contributed by atoms with Gasteiger partial charge in [-0.1, -0.05) is 106 Å². The molecule has 0 spiro atoms. The Labute approximate surface area is 833 Å². The van der Waals surface area contributed by atoms with Gasteiger partial charge in [-0.05, 0) is 342 Å². The van der Waals surface area contributed by atoms with Gasteiger partial charge in [-0.25, -0.2) is 0 Å². The maximum Gasteiger partial charge on any atom is 0.0989 e. The number of likely N-dealkylation sites (tertiary alicyclic amines) is 5. The molecule has 14 fully saturated rings. The molecule has 17 aliphatic heterocycles. The minimum Gasteiger partial charge on any atom is -0.380 e. The van der Waals surface area contributed by atoms with Crippen molar-refractivity contribution in [2.75, 3.05) is 410 Å². The molecule has 2 unspecified atom stereocenters. The average Bonchev–Trinajstić information content (AvgIpc) is 1.64. The molecule has 1 aliphatic carbocycles. The van der Waals surface area contributed by atoms with Gasteiger partial charge in [0.25, 0.3) is 0 Å². The van der Waals surface area contributed by atoms with Crippen LogP contribution in [0.15, 0.2) is 72.8 Å². The standard InChI is InChI=1S/C12H14N2.C10H19N.C10H13N.C7H15N.C6H14N2.C6H13NO.C6H13NS.C6H13N.C6H11N.C5H12N2.C5H11NO.C5H11NS.C5H11N.C5H9N.C4H9NO.C4H9NS.C4H9N.CH4/c1-14-7-6-10-9-4-2-3-5-11(9)13-12(10)8-14;1-11-8-4-6-9-5-2-3-7-10(9)11;1-11-7-6-9-4-2-3-5-10(9)8-11;1-8-6-4-2-3-5-7-8;1-8-5-2-3-7-4-6-8;2*1-7-3-2-5-8-6-4-7;2*1-7-5-3-2-4-6-7;1-7-4-2-6-3-5-7;2*1-6-2-4-7-5-3-6;2*1-6-4-2-3-5-6;2*1-5-2-3-6-4-5;1-5-3-2-4-5;/h2-5,13H,6-8H2,1H3;9-10H,2-8H2,1H3;2-5H,6-8H2,1H3;2-7H2,1H3;7H,2-6H2,1H3;2*2-6H2,1H3;2-6H2,1H3;2-3H,4-6H2,1H3;6H,2-5H2,1H3;2*2-5H2,1H3;2-5H2,1H3;2-3H,4-5H2,1H3;2*2-4H2,1H3;2-4H2,1H3;1H4. The zero-order valence-corrected chi connectivity index (χ0v) is 90.9.